The van der Waals surface area contributed by atoms with Crippen molar-refractivity contribution in [3.8, 4) is 0 Å². The third kappa shape index (κ3) is 3.62. The lowest BCUT2D eigenvalue weighted by atomic mass is 9.95. The minimum absolute atomic E-state index is 0.344. The summed E-state index contributed by atoms with van der Waals surface area (Å²) in [5.41, 5.74) is 1.47. The number of fused-ring (bicyclic) bond motifs is 1. The molecule has 1 aliphatic rings. The summed E-state index contributed by atoms with van der Waals surface area (Å²) in [6.45, 7) is 0. The molecule has 0 spiro atoms. The van der Waals surface area contributed by atoms with E-state index < -0.39 is 0 Å². The van der Waals surface area contributed by atoms with E-state index in [4.69, 9.17) is 27.8 Å². The molecule has 0 atom stereocenters. The van der Waals surface area contributed by atoms with E-state index >= 15 is 0 Å². The Balaban J connectivity index is 1.67. The van der Waals surface area contributed by atoms with E-state index in [9.17, 15) is 0 Å². The fourth-order valence-electron chi connectivity index (χ4n) is 2.98. The molecule has 3 aromatic rings. The molecule has 0 bridgehead atoms. The predicted octanol–water partition coefficient (Wildman–Crippen LogP) is 4.81. The van der Waals surface area contributed by atoms with Gasteiger partial charge < -0.3 is 10.6 Å². The molecule has 2 aromatic heterocycles. The van der Waals surface area contributed by atoms with Crippen LogP contribution in [0.1, 0.15) is 32.1 Å². The van der Waals surface area contributed by atoms with Crippen LogP contribution in [0.4, 0.5) is 17.3 Å². The quantitative estimate of drug-likeness (QED) is 0.673. The third-order valence-electron chi connectivity index (χ3n) is 4.24. The summed E-state index contributed by atoms with van der Waals surface area (Å²) < 4.78 is 4.73. The molecule has 2 heterocycles. The van der Waals surface area contributed by atoms with Gasteiger partial charge in [-0.15, -0.1) is 0 Å². The van der Waals surface area contributed by atoms with E-state index in [1.165, 1.54) is 19.3 Å². The Kier molecular flexibility index (Phi) is 4.59. The van der Waals surface area contributed by atoms with E-state index in [1.54, 1.807) is 12.1 Å². The number of anilines is 3. The molecule has 130 valence electrons. The van der Waals surface area contributed by atoms with Gasteiger partial charge in [0.05, 0.1) is 10.0 Å². The standard InChI is InChI=1S/C16H16Cl2N6O/c17-11-7-6-10(8-12(11)18)20-14-13(19-9-4-2-1-3-5-9)21-15-16(22-14)24-25-23-15/h6-9H,1-5H2,(H,19,21,23)(H,20,22,24). The molecule has 0 amide bonds. The van der Waals surface area contributed by atoms with E-state index in [2.05, 4.69) is 30.9 Å². The number of nitrogens with one attached hydrogen (secondary N) is 2. The average Bonchev–Trinajstić information content (AvgIpc) is 3.06. The van der Waals surface area contributed by atoms with Gasteiger partial charge in [-0.05, 0) is 41.4 Å². The molecule has 4 rings (SSSR count). The number of nitrogens with zero attached hydrogens (tertiary/aromatic N) is 4. The molecule has 1 aromatic carbocycles. The number of benzene rings is 1. The van der Waals surface area contributed by atoms with Crippen molar-refractivity contribution in [3.05, 3.63) is 28.2 Å². The van der Waals surface area contributed by atoms with Crippen molar-refractivity contribution in [1.82, 2.24) is 20.3 Å². The maximum Gasteiger partial charge on any atom is 0.245 e. The van der Waals surface area contributed by atoms with Gasteiger partial charge in [-0.2, -0.15) is 0 Å². The summed E-state index contributed by atoms with van der Waals surface area (Å²) in [5, 5.41) is 15.2. The SMILES string of the molecule is Clc1ccc(Nc2nc3nonc3nc2NC2CCCCC2)cc1Cl. The molecule has 1 fully saturated rings. The van der Waals surface area contributed by atoms with Gasteiger partial charge in [0.25, 0.3) is 0 Å². The van der Waals surface area contributed by atoms with Crippen LogP contribution in [0.25, 0.3) is 11.3 Å². The summed E-state index contributed by atoms with van der Waals surface area (Å²) in [4.78, 5) is 8.97. The van der Waals surface area contributed by atoms with E-state index in [0.29, 0.717) is 39.0 Å². The van der Waals surface area contributed by atoms with Crippen molar-refractivity contribution in [2.45, 2.75) is 38.1 Å². The lowest BCUT2D eigenvalue weighted by Crippen LogP contribution is -2.23. The normalized spacial score (nSPS) is 15.4. The Bertz CT molecular complexity index is 893. The zero-order valence-corrected chi connectivity index (χ0v) is 14.8. The molecular formula is C16H16Cl2N6O. The molecule has 1 aliphatic carbocycles. The fraction of sp³-hybridized carbons (Fsp3) is 0.375. The summed E-state index contributed by atoms with van der Waals surface area (Å²) >= 11 is 12.1. The highest BCUT2D eigenvalue weighted by atomic mass is 35.5. The fourth-order valence-corrected chi connectivity index (χ4v) is 3.27. The maximum atomic E-state index is 6.09. The Hall–Kier alpha value is -2.12. The van der Waals surface area contributed by atoms with Gasteiger partial charge in [0.2, 0.25) is 11.3 Å². The minimum atomic E-state index is 0.344. The first-order chi connectivity index (χ1) is 12.2. The first kappa shape index (κ1) is 16.4. The highest BCUT2D eigenvalue weighted by Crippen LogP contribution is 2.30. The molecule has 25 heavy (non-hydrogen) atoms. The molecule has 0 radical (unpaired) electrons. The van der Waals surface area contributed by atoms with E-state index in [0.717, 1.165) is 18.5 Å². The van der Waals surface area contributed by atoms with Crippen LogP contribution in [0.5, 0.6) is 0 Å². The number of halogens is 2. The molecular weight excluding hydrogens is 363 g/mol. The smallest absolute Gasteiger partial charge is 0.245 e. The van der Waals surface area contributed by atoms with Crippen molar-refractivity contribution in [2.24, 2.45) is 0 Å². The largest absolute Gasteiger partial charge is 0.364 e. The third-order valence-corrected chi connectivity index (χ3v) is 4.98. The second kappa shape index (κ2) is 7.01. The first-order valence-corrected chi connectivity index (χ1v) is 8.93. The Morgan fingerprint density at radius 2 is 1.64 bits per heavy atom. The van der Waals surface area contributed by atoms with Crippen LogP contribution in [-0.4, -0.2) is 26.3 Å². The molecule has 9 heteroatoms. The molecule has 1 saturated carbocycles. The highest BCUT2D eigenvalue weighted by Gasteiger charge is 2.18. The number of hydrogen-bond acceptors (Lipinski definition) is 7. The summed E-state index contributed by atoms with van der Waals surface area (Å²) in [7, 11) is 0. The lowest BCUT2D eigenvalue weighted by Gasteiger charge is -2.24. The highest BCUT2D eigenvalue weighted by molar-refractivity contribution is 6.42. The first-order valence-electron chi connectivity index (χ1n) is 8.18. The molecule has 0 aliphatic heterocycles. The van der Waals surface area contributed by atoms with Crippen LogP contribution >= 0.6 is 23.2 Å². The molecule has 7 nitrogen and oxygen atoms in total. The van der Waals surface area contributed by atoms with Crippen LogP contribution in [0.15, 0.2) is 22.8 Å². The van der Waals surface area contributed by atoms with Crippen molar-refractivity contribution in [1.29, 1.82) is 0 Å². The number of hydrogen-bond donors (Lipinski definition) is 2. The summed E-state index contributed by atoms with van der Waals surface area (Å²) in [5.74, 6) is 1.17. The Labute approximate surface area is 154 Å². The van der Waals surface area contributed by atoms with Gasteiger partial charge in [-0.3, -0.25) is 0 Å². The molecule has 0 unspecified atom stereocenters. The Morgan fingerprint density at radius 1 is 0.920 bits per heavy atom. The van der Waals surface area contributed by atoms with Crippen LogP contribution in [0.3, 0.4) is 0 Å². The summed E-state index contributed by atoms with van der Waals surface area (Å²) in [6, 6.07) is 5.66. The van der Waals surface area contributed by atoms with Gasteiger partial charge in [0, 0.05) is 11.7 Å². The summed E-state index contributed by atoms with van der Waals surface area (Å²) in [6.07, 6.45) is 5.94. The zero-order chi connectivity index (χ0) is 17.2. The minimum Gasteiger partial charge on any atom is -0.364 e. The monoisotopic (exact) mass is 378 g/mol. The van der Waals surface area contributed by atoms with Crippen molar-refractivity contribution < 1.29 is 4.63 Å². The maximum absolute atomic E-state index is 6.09. The average molecular weight is 379 g/mol. The van der Waals surface area contributed by atoms with Gasteiger partial charge in [0.15, 0.2) is 11.6 Å². The predicted molar refractivity (Wildman–Crippen MR) is 97.6 cm³/mol. The lowest BCUT2D eigenvalue weighted by molar-refractivity contribution is 0.314. The van der Waals surface area contributed by atoms with Crippen molar-refractivity contribution in [3.63, 3.8) is 0 Å². The Morgan fingerprint density at radius 3 is 2.36 bits per heavy atom. The van der Waals surface area contributed by atoms with Crippen LogP contribution in [0.2, 0.25) is 10.0 Å². The van der Waals surface area contributed by atoms with Crippen LogP contribution in [-0.2, 0) is 0 Å². The second-order valence-corrected chi connectivity index (χ2v) is 6.88. The zero-order valence-electron chi connectivity index (χ0n) is 13.3. The van der Waals surface area contributed by atoms with Crippen LogP contribution in [0, 0.1) is 0 Å². The van der Waals surface area contributed by atoms with E-state index in [-0.39, 0.29) is 0 Å². The van der Waals surface area contributed by atoms with Gasteiger partial charge in [-0.1, -0.05) is 42.5 Å². The molecule has 2 N–H and O–H groups in total. The topological polar surface area (TPSA) is 88.8 Å². The number of rotatable bonds is 4. The van der Waals surface area contributed by atoms with Crippen LogP contribution < -0.4 is 10.6 Å². The van der Waals surface area contributed by atoms with Gasteiger partial charge >= 0.3 is 0 Å². The molecule has 0 saturated heterocycles. The van der Waals surface area contributed by atoms with Crippen molar-refractivity contribution >= 4 is 51.8 Å². The number of aromatic nitrogens is 4. The van der Waals surface area contributed by atoms with Gasteiger partial charge in [0.1, 0.15) is 0 Å². The van der Waals surface area contributed by atoms with E-state index in [1.807, 2.05) is 6.07 Å². The second-order valence-electron chi connectivity index (χ2n) is 6.07. The van der Waals surface area contributed by atoms with Crippen molar-refractivity contribution in [2.75, 3.05) is 10.6 Å². The van der Waals surface area contributed by atoms with Gasteiger partial charge in [-0.25, -0.2) is 14.6 Å².